The Hall–Kier alpha value is -1.62. The molecule has 0 bridgehead atoms. The minimum Gasteiger partial charge on any atom is -0.481 e. The first-order valence-electron chi connectivity index (χ1n) is 6.00. The lowest BCUT2D eigenvalue weighted by molar-refractivity contribution is -0.136. The number of halogens is 1. The quantitative estimate of drug-likeness (QED) is 0.878. The van der Waals surface area contributed by atoms with E-state index in [2.05, 4.69) is 16.8 Å². The number of aliphatic carboxylic acids is 1. The number of carbonyl (C=O) groups is 1. The first-order valence-corrected chi connectivity index (χ1v) is 6.00. The largest absolute Gasteiger partial charge is 0.481 e. The molecule has 4 nitrogen and oxygen atoms in total. The molecule has 1 fully saturated rings. The molecule has 98 valence electrons. The van der Waals surface area contributed by atoms with Crippen molar-refractivity contribution in [2.75, 3.05) is 38.1 Å². The third-order valence-electron chi connectivity index (χ3n) is 3.23. The van der Waals surface area contributed by atoms with Gasteiger partial charge in [-0.05, 0) is 30.8 Å². The van der Waals surface area contributed by atoms with E-state index < -0.39 is 5.97 Å². The van der Waals surface area contributed by atoms with Crippen LogP contribution in [0.4, 0.5) is 10.1 Å². The molecule has 5 heteroatoms. The fourth-order valence-corrected chi connectivity index (χ4v) is 2.21. The number of nitrogens with zero attached hydrogens (tertiary/aromatic N) is 2. The van der Waals surface area contributed by atoms with Crippen molar-refractivity contribution in [1.82, 2.24) is 4.90 Å². The zero-order valence-electron chi connectivity index (χ0n) is 10.4. The molecule has 0 unspecified atom stereocenters. The molecule has 0 amide bonds. The zero-order valence-corrected chi connectivity index (χ0v) is 10.4. The maximum absolute atomic E-state index is 13.2. The van der Waals surface area contributed by atoms with Crippen LogP contribution >= 0.6 is 0 Å². The summed E-state index contributed by atoms with van der Waals surface area (Å²) in [6.07, 6.45) is -0.139. The fraction of sp³-hybridized carbons (Fsp3) is 0.462. The summed E-state index contributed by atoms with van der Waals surface area (Å²) in [5.74, 6) is -1.32. The average molecular weight is 252 g/mol. The number of likely N-dealkylation sites (N-methyl/N-ethyl adjacent to an activating group) is 1. The van der Waals surface area contributed by atoms with Crippen LogP contribution in [0.2, 0.25) is 0 Å². The molecule has 1 saturated heterocycles. The molecule has 1 aliphatic heterocycles. The van der Waals surface area contributed by atoms with Crippen LogP contribution in [0.3, 0.4) is 0 Å². The maximum Gasteiger partial charge on any atom is 0.307 e. The van der Waals surface area contributed by atoms with Gasteiger partial charge in [0.1, 0.15) is 5.82 Å². The van der Waals surface area contributed by atoms with Crippen LogP contribution in [0.1, 0.15) is 5.56 Å². The second-order valence-corrected chi connectivity index (χ2v) is 4.63. The first kappa shape index (κ1) is 12.8. The summed E-state index contributed by atoms with van der Waals surface area (Å²) in [4.78, 5) is 15.2. The Labute approximate surface area is 106 Å². The lowest BCUT2D eigenvalue weighted by Gasteiger charge is -2.35. The van der Waals surface area contributed by atoms with Gasteiger partial charge < -0.3 is 14.9 Å². The van der Waals surface area contributed by atoms with Gasteiger partial charge in [0.2, 0.25) is 0 Å². The van der Waals surface area contributed by atoms with E-state index in [1.54, 1.807) is 6.07 Å². The highest BCUT2D eigenvalue weighted by molar-refractivity contribution is 5.73. The molecule has 1 heterocycles. The van der Waals surface area contributed by atoms with E-state index in [0.717, 1.165) is 31.9 Å². The van der Waals surface area contributed by atoms with Crippen molar-refractivity contribution in [2.45, 2.75) is 6.42 Å². The Morgan fingerprint density at radius 1 is 1.33 bits per heavy atom. The van der Waals surface area contributed by atoms with Gasteiger partial charge in [-0.2, -0.15) is 0 Å². The second-order valence-electron chi connectivity index (χ2n) is 4.63. The number of hydrogen-bond acceptors (Lipinski definition) is 3. The van der Waals surface area contributed by atoms with Gasteiger partial charge in [-0.1, -0.05) is 0 Å². The number of hydrogen-bond donors (Lipinski definition) is 1. The molecule has 0 aromatic heterocycles. The van der Waals surface area contributed by atoms with Crippen molar-refractivity contribution in [3.63, 3.8) is 0 Å². The summed E-state index contributed by atoms with van der Waals surface area (Å²) in [5, 5.41) is 8.87. The topological polar surface area (TPSA) is 43.8 Å². The standard InChI is InChI=1S/C13H17FN2O2/c1-15-4-6-16(7-5-15)12-3-2-11(14)8-10(12)9-13(17)18/h2-3,8H,4-7,9H2,1H3,(H,17,18). The molecule has 0 saturated carbocycles. The lowest BCUT2D eigenvalue weighted by Crippen LogP contribution is -2.44. The molecule has 18 heavy (non-hydrogen) atoms. The number of piperazine rings is 1. The second kappa shape index (κ2) is 5.35. The van der Waals surface area contributed by atoms with Gasteiger partial charge in [0.05, 0.1) is 6.42 Å². The first-order chi connectivity index (χ1) is 8.56. The van der Waals surface area contributed by atoms with Crippen molar-refractivity contribution in [2.24, 2.45) is 0 Å². The van der Waals surface area contributed by atoms with Crippen LogP contribution in [-0.2, 0) is 11.2 Å². The van der Waals surface area contributed by atoms with E-state index in [-0.39, 0.29) is 12.2 Å². The minimum atomic E-state index is -0.934. The third-order valence-corrected chi connectivity index (χ3v) is 3.23. The van der Waals surface area contributed by atoms with E-state index in [4.69, 9.17) is 5.11 Å². The lowest BCUT2D eigenvalue weighted by atomic mass is 10.1. The number of carboxylic acid groups (broad SMARTS) is 1. The van der Waals surface area contributed by atoms with E-state index in [1.165, 1.54) is 12.1 Å². The SMILES string of the molecule is CN1CCN(c2ccc(F)cc2CC(=O)O)CC1. The molecule has 0 radical (unpaired) electrons. The highest BCUT2D eigenvalue weighted by atomic mass is 19.1. The Morgan fingerprint density at radius 2 is 2.00 bits per heavy atom. The van der Waals surface area contributed by atoms with Crippen molar-refractivity contribution in [1.29, 1.82) is 0 Å². The Morgan fingerprint density at radius 3 is 2.61 bits per heavy atom. The van der Waals surface area contributed by atoms with Crippen molar-refractivity contribution in [3.8, 4) is 0 Å². The number of carboxylic acids is 1. The van der Waals surface area contributed by atoms with E-state index >= 15 is 0 Å². The normalized spacial score (nSPS) is 16.9. The predicted octanol–water partition coefficient (Wildman–Crippen LogP) is 1.20. The summed E-state index contributed by atoms with van der Waals surface area (Å²) in [6.45, 7) is 3.55. The summed E-state index contributed by atoms with van der Waals surface area (Å²) in [5.41, 5.74) is 1.39. The molecule has 2 rings (SSSR count). The summed E-state index contributed by atoms with van der Waals surface area (Å²) < 4.78 is 13.2. The van der Waals surface area contributed by atoms with Crippen LogP contribution in [0.25, 0.3) is 0 Å². The third kappa shape index (κ3) is 2.98. The van der Waals surface area contributed by atoms with Crippen LogP contribution in [0.15, 0.2) is 18.2 Å². The average Bonchev–Trinajstić information content (AvgIpc) is 2.30. The van der Waals surface area contributed by atoms with Crippen molar-refractivity contribution in [3.05, 3.63) is 29.6 Å². The minimum absolute atomic E-state index is 0.139. The monoisotopic (exact) mass is 252 g/mol. The summed E-state index contributed by atoms with van der Waals surface area (Å²) >= 11 is 0. The van der Waals surface area contributed by atoms with Crippen LogP contribution < -0.4 is 4.90 Å². The van der Waals surface area contributed by atoms with E-state index in [1.807, 2.05) is 0 Å². The predicted molar refractivity (Wildman–Crippen MR) is 67.4 cm³/mol. The number of anilines is 1. The highest BCUT2D eigenvalue weighted by Crippen LogP contribution is 2.23. The molecule has 0 atom stereocenters. The molecular formula is C13H17FN2O2. The Kier molecular flexibility index (Phi) is 3.81. The van der Waals surface area contributed by atoms with E-state index in [9.17, 15) is 9.18 Å². The molecule has 1 aromatic rings. The number of rotatable bonds is 3. The van der Waals surface area contributed by atoms with Gasteiger partial charge >= 0.3 is 5.97 Å². The smallest absolute Gasteiger partial charge is 0.307 e. The highest BCUT2D eigenvalue weighted by Gasteiger charge is 2.18. The van der Waals surface area contributed by atoms with Crippen LogP contribution in [0, 0.1) is 5.82 Å². The van der Waals surface area contributed by atoms with E-state index in [0.29, 0.717) is 5.56 Å². The summed E-state index contributed by atoms with van der Waals surface area (Å²) in [7, 11) is 2.06. The molecule has 1 N–H and O–H groups in total. The van der Waals surface area contributed by atoms with Gasteiger partial charge in [-0.15, -0.1) is 0 Å². The van der Waals surface area contributed by atoms with Crippen LogP contribution in [0.5, 0.6) is 0 Å². The molecule has 0 spiro atoms. The molecule has 0 aliphatic carbocycles. The zero-order chi connectivity index (χ0) is 13.1. The van der Waals surface area contributed by atoms with Crippen molar-refractivity contribution < 1.29 is 14.3 Å². The van der Waals surface area contributed by atoms with Gasteiger partial charge in [0, 0.05) is 31.9 Å². The summed E-state index contributed by atoms with van der Waals surface area (Å²) in [6, 6.07) is 4.39. The molecular weight excluding hydrogens is 235 g/mol. The fourth-order valence-electron chi connectivity index (χ4n) is 2.21. The van der Waals surface area contributed by atoms with Crippen LogP contribution in [-0.4, -0.2) is 49.2 Å². The molecule has 1 aromatic carbocycles. The molecule has 1 aliphatic rings. The van der Waals surface area contributed by atoms with Gasteiger partial charge in [0.25, 0.3) is 0 Å². The van der Waals surface area contributed by atoms with Gasteiger partial charge in [-0.3, -0.25) is 4.79 Å². The van der Waals surface area contributed by atoms with Crippen molar-refractivity contribution >= 4 is 11.7 Å². The van der Waals surface area contributed by atoms with Gasteiger partial charge in [0.15, 0.2) is 0 Å². The Bertz CT molecular complexity index is 443. The van der Waals surface area contributed by atoms with Gasteiger partial charge in [-0.25, -0.2) is 4.39 Å². The number of benzene rings is 1. The maximum atomic E-state index is 13.2. The Balaban J connectivity index is 2.23.